The Morgan fingerprint density at radius 2 is 1.15 bits per heavy atom. The van der Waals surface area contributed by atoms with Gasteiger partial charge in [-0.2, -0.15) is 0 Å². The third kappa shape index (κ3) is 5.46. The SMILES string of the molecule is O=C1NCCCCCCC2CCCCCCCCCC12. The van der Waals surface area contributed by atoms with Crippen LogP contribution in [0.3, 0.4) is 0 Å². The molecule has 2 aliphatic rings. The summed E-state index contributed by atoms with van der Waals surface area (Å²) < 4.78 is 0. The largest absolute Gasteiger partial charge is 0.356 e. The summed E-state index contributed by atoms with van der Waals surface area (Å²) in [5, 5.41) is 3.21. The first-order chi connectivity index (χ1) is 9.88. The maximum absolute atomic E-state index is 12.5. The molecule has 1 heterocycles. The Bertz CT molecular complexity index is 277. The number of amides is 1. The first kappa shape index (κ1) is 15.9. The van der Waals surface area contributed by atoms with Crippen LogP contribution in [-0.4, -0.2) is 12.5 Å². The molecule has 0 aromatic rings. The van der Waals surface area contributed by atoms with Gasteiger partial charge in [-0.3, -0.25) is 4.79 Å². The Balaban J connectivity index is 1.99. The van der Waals surface area contributed by atoms with Gasteiger partial charge in [0.25, 0.3) is 0 Å². The quantitative estimate of drug-likeness (QED) is 0.676. The van der Waals surface area contributed by atoms with Crippen LogP contribution < -0.4 is 5.32 Å². The summed E-state index contributed by atoms with van der Waals surface area (Å²) in [5.74, 6) is 1.34. The molecular formula is C18H33NO. The standard InChI is InChI=1S/C18H33NO/c20-18-17-14-10-5-3-1-2-4-8-12-16(17)13-9-6-7-11-15-19-18/h16-17H,1-15H2,(H,19,20). The highest BCUT2D eigenvalue weighted by atomic mass is 16.1. The lowest BCUT2D eigenvalue weighted by Crippen LogP contribution is -2.36. The van der Waals surface area contributed by atoms with Gasteiger partial charge in [0.1, 0.15) is 0 Å². The third-order valence-corrected chi connectivity index (χ3v) is 5.30. The number of rotatable bonds is 0. The fourth-order valence-electron chi connectivity index (χ4n) is 4.01. The van der Waals surface area contributed by atoms with Crippen molar-refractivity contribution >= 4 is 5.91 Å². The van der Waals surface area contributed by atoms with E-state index in [9.17, 15) is 4.79 Å². The minimum atomic E-state index is 0.311. The molecule has 0 aromatic heterocycles. The van der Waals surface area contributed by atoms with Gasteiger partial charge in [-0.05, 0) is 31.6 Å². The van der Waals surface area contributed by atoms with Crippen LogP contribution in [0.15, 0.2) is 0 Å². The van der Waals surface area contributed by atoms with Crippen molar-refractivity contribution in [2.24, 2.45) is 11.8 Å². The van der Waals surface area contributed by atoms with Gasteiger partial charge in [0, 0.05) is 12.5 Å². The van der Waals surface area contributed by atoms with E-state index in [-0.39, 0.29) is 0 Å². The third-order valence-electron chi connectivity index (χ3n) is 5.30. The molecule has 116 valence electrons. The maximum atomic E-state index is 12.5. The van der Waals surface area contributed by atoms with Gasteiger partial charge in [0.05, 0.1) is 0 Å². The van der Waals surface area contributed by atoms with Gasteiger partial charge in [0.15, 0.2) is 0 Å². The average Bonchev–Trinajstić information content (AvgIpc) is 2.50. The molecule has 2 unspecified atom stereocenters. The van der Waals surface area contributed by atoms with Crippen molar-refractivity contribution in [3.8, 4) is 0 Å². The van der Waals surface area contributed by atoms with Gasteiger partial charge in [0.2, 0.25) is 5.91 Å². The summed E-state index contributed by atoms with van der Waals surface area (Å²) >= 11 is 0. The number of hydrogen-bond acceptors (Lipinski definition) is 1. The molecule has 20 heavy (non-hydrogen) atoms. The zero-order valence-corrected chi connectivity index (χ0v) is 13.2. The predicted molar refractivity (Wildman–Crippen MR) is 84.6 cm³/mol. The summed E-state index contributed by atoms with van der Waals surface area (Å²) in [6, 6.07) is 0. The molecule has 1 aliphatic heterocycles. The number of nitrogens with one attached hydrogen (secondary N) is 1. The topological polar surface area (TPSA) is 29.1 Å². The highest BCUT2D eigenvalue weighted by Crippen LogP contribution is 2.31. The zero-order valence-electron chi connectivity index (χ0n) is 13.2. The molecule has 2 nitrogen and oxygen atoms in total. The summed E-state index contributed by atoms with van der Waals surface area (Å²) in [4.78, 5) is 12.5. The predicted octanol–water partition coefficient (Wildman–Crippen LogP) is 4.82. The van der Waals surface area contributed by atoms with Crippen molar-refractivity contribution in [2.45, 2.75) is 89.9 Å². The van der Waals surface area contributed by atoms with Crippen molar-refractivity contribution in [1.29, 1.82) is 0 Å². The van der Waals surface area contributed by atoms with E-state index in [4.69, 9.17) is 0 Å². The molecule has 2 rings (SSSR count). The molecular weight excluding hydrogens is 246 g/mol. The molecule has 1 amide bonds. The van der Waals surface area contributed by atoms with E-state index in [1.807, 2.05) is 0 Å². The second-order valence-corrected chi connectivity index (χ2v) is 6.91. The van der Waals surface area contributed by atoms with E-state index in [0.717, 1.165) is 13.0 Å². The van der Waals surface area contributed by atoms with Gasteiger partial charge < -0.3 is 5.32 Å². The Hall–Kier alpha value is -0.530. The second kappa shape index (κ2) is 9.41. The van der Waals surface area contributed by atoms with Crippen LogP contribution in [0.1, 0.15) is 89.9 Å². The molecule has 1 N–H and O–H groups in total. The molecule has 0 radical (unpaired) electrons. The van der Waals surface area contributed by atoms with E-state index in [0.29, 0.717) is 17.7 Å². The van der Waals surface area contributed by atoms with Crippen LogP contribution in [0, 0.1) is 11.8 Å². The molecule has 0 bridgehead atoms. The molecule has 0 aromatic carbocycles. The number of fused-ring (bicyclic) bond motifs is 1. The molecule has 2 atom stereocenters. The van der Waals surface area contributed by atoms with Crippen molar-refractivity contribution in [3.63, 3.8) is 0 Å². The minimum Gasteiger partial charge on any atom is -0.356 e. The van der Waals surface area contributed by atoms with Crippen molar-refractivity contribution in [2.75, 3.05) is 6.54 Å². The number of hydrogen-bond donors (Lipinski definition) is 1. The fourth-order valence-corrected chi connectivity index (χ4v) is 4.01. The molecule has 2 heteroatoms. The van der Waals surface area contributed by atoms with Crippen LogP contribution >= 0.6 is 0 Å². The Labute approximate surface area is 125 Å². The highest BCUT2D eigenvalue weighted by Gasteiger charge is 2.27. The van der Waals surface area contributed by atoms with Crippen LogP contribution in [0.2, 0.25) is 0 Å². The normalized spacial score (nSPS) is 31.5. The molecule has 2 fully saturated rings. The van der Waals surface area contributed by atoms with Crippen LogP contribution in [-0.2, 0) is 4.79 Å². The monoisotopic (exact) mass is 279 g/mol. The van der Waals surface area contributed by atoms with Crippen LogP contribution in [0.25, 0.3) is 0 Å². The van der Waals surface area contributed by atoms with Crippen molar-refractivity contribution < 1.29 is 4.79 Å². The fraction of sp³-hybridized carbons (Fsp3) is 0.944. The molecule has 1 saturated carbocycles. The minimum absolute atomic E-state index is 0.311. The summed E-state index contributed by atoms with van der Waals surface area (Å²) in [6.45, 7) is 0.905. The molecule has 1 aliphatic carbocycles. The van der Waals surface area contributed by atoms with Crippen LogP contribution in [0.4, 0.5) is 0 Å². The molecule has 0 spiro atoms. The average molecular weight is 279 g/mol. The smallest absolute Gasteiger partial charge is 0.223 e. The van der Waals surface area contributed by atoms with Gasteiger partial charge in [-0.25, -0.2) is 0 Å². The van der Waals surface area contributed by atoms with Gasteiger partial charge in [-0.1, -0.05) is 64.2 Å². The zero-order chi connectivity index (χ0) is 14.0. The summed E-state index contributed by atoms with van der Waals surface area (Å²) in [5.41, 5.74) is 0. The molecule has 1 saturated heterocycles. The second-order valence-electron chi connectivity index (χ2n) is 6.91. The lowest BCUT2D eigenvalue weighted by atomic mass is 9.80. The lowest BCUT2D eigenvalue weighted by molar-refractivity contribution is -0.127. The van der Waals surface area contributed by atoms with Gasteiger partial charge in [-0.15, -0.1) is 0 Å². The van der Waals surface area contributed by atoms with E-state index < -0.39 is 0 Å². The van der Waals surface area contributed by atoms with E-state index in [1.165, 1.54) is 83.5 Å². The first-order valence-electron chi connectivity index (χ1n) is 9.15. The summed E-state index contributed by atoms with van der Waals surface area (Å²) in [7, 11) is 0. The maximum Gasteiger partial charge on any atom is 0.223 e. The Morgan fingerprint density at radius 3 is 1.80 bits per heavy atom. The van der Waals surface area contributed by atoms with E-state index in [1.54, 1.807) is 0 Å². The number of carbonyl (C=O) groups excluding carboxylic acids is 1. The van der Waals surface area contributed by atoms with E-state index in [2.05, 4.69) is 5.32 Å². The highest BCUT2D eigenvalue weighted by molar-refractivity contribution is 5.78. The summed E-state index contributed by atoms with van der Waals surface area (Å²) in [6.07, 6.45) is 18.4. The van der Waals surface area contributed by atoms with Crippen molar-refractivity contribution in [1.82, 2.24) is 5.32 Å². The number of carbonyl (C=O) groups is 1. The lowest BCUT2D eigenvalue weighted by Gasteiger charge is -2.27. The Morgan fingerprint density at radius 1 is 0.650 bits per heavy atom. The first-order valence-corrected chi connectivity index (χ1v) is 9.15. The Kier molecular flexibility index (Phi) is 7.46. The van der Waals surface area contributed by atoms with E-state index >= 15 is 0 Å². The van der Waals surface area contributed by atoms with Gasteiger partial charge >= 0.3 is 0 Å². The van der Waals surface area contributed by atoms with Crippen molar-refractivity contribution in [3.05, 3.63) is 0 Å². The van der Waals surface area contributed by atoms with Crippen LogP contribution in [0.5, 0.6) is 0 Å².